The van der Waals surface area contributed by atoms with Crippen LogP contribution in [-0.4, -0.2) is 11.9 Å². The number of nitrogens with one attached hydrogen (secondary N) is 1. The summed E-state index contributed by atoms with van der Waals surface area (Å²) in [6, 6.07) is 7.37. The molecule has 0 aromatic heterocycles. The maximum Gasteiger partial charge on any atom is 0.251 e. The number of benzene rings is 1. The van der Waals surface area contributed by atoms with Crippen molar-refractivity contribution in [2.75, 3.05) is 0 Å². The highest BCUT2D eigenvalue weighted by molar-refractivity contribution is 6.30. The summed E-state index contributed by atoms with van der Waals surface area (Å²) in [5.41, 5.74) is 0.687. The highest BCUT2D eigenvalue weighted by atomic mass is 35.5. The number of carbonyl (C=O) groups is 1. The second-order valence-electron chi connectivity index (χ2n) is 4.85. The third-order valence-electron chi connectivity index (χ3n) is 3.53. The molecule has 2 nitrogen and oxygen atoms in total. The Hall–Kier alpha value is -1.02. The van der Waals surface area contributed by atoms with E-state index in [4.69, 9.17) is 11.6 Å². The van der Waals surface area contributed by atoms with Crippen LogP contribution in [0.3, 0.4) is 0 Å². The predicted octanol–water partition coefficient (Wildman–Crippen LogP) is 3.65. The molecule has 0 radical (unpaired) electrons. The molecule has 0 bridgehead atoms. The summed E-state index contributed by atoms with van der Waals surface area (Å²) < 4.78 is 0. The highest BCUT2D eigenvalue weighted by Gasteiger charge is 2.23. The standard InChI is InChI=1S/C14H18ClNO/c1-10-4-2-3-5-13(10)16-14(17)11-6-8-12(15)9-7-11/h6-10,13H,2-5H2,1H3,(H,16,17)/t10-,13-/m1/s1. The van der Waals surface area contributed by atoms with Crippen LogP contribution in [0.1, 0.15) is 43.0 Å². The predicted molar refractivity (Wildman–Crippen MR) is 70.3 cm³/mol. The first-order valence-corrected chi connectivity index (χ1v) is 6.61. The van der Waals surface area contributed by atoms with Crippen LogP contribution in [0.2, 0.25) is 5.02 Å². The molecule has 1 aromatic rings. The van der Waals surface area contributed by atoms with Gasteiger partial charge in [-0.05, 0) is 43.0 Å². The van der Waals surface area contributed by atoms with Crippen molar-refractivity contribution >= 4 is 17.5 Å². The Labute approximate surface area is 107 Å². The molecule has 17 heavy (non-hydrogen) atoms. The van der Waals surface area contributed by atoms with E-state index in [0.717, 1.165) is 6.42 Å². The first-order chi connectivity index (χ1) is 8.16. The first kappa shape index (κ1) is 12.4. The van der Waals surface area contributed by atoms with Crippen molar-refractivity contribution in [3.63, 3.8) is 0 Å². The Morgan fingerprint density at radius 1 is 1.24 bits per heavy atom. The molecule has 1 aromatic carbocycles. The van der Waals surface area contributed by atoms with E-state index < -0.39 is 0 Å². The fourth-order valence-electron chi connectivity index (χ4n) is 2.38. The Bertz CT molecular complexity index is 388. The average molecular weight is 252 g/mol. The molecular weight excluding hydrogens is 234 g/mol. The topological polar surface area (TPSA) is 29.1 Å². The van der Waals surface area contributed by atoms with Gasteiger partial charge < -0.3 is 5.32 Å². The largest absolute Gasteiger partial charge is 0.349 e. The van der Waals surface area contributed by atoms with Gasteiger partial charge in [0.25, 0.3) is 5.91 Å². The molecule has 2 rings (SSSR count). The first-order valence-electron chi connectivity index (χ1n) is 6.23. The lowest BCUT2D eigenvalue weighted by molar-refractivity contribution is 0.0910. The molecular formula is C14H18ClNO. The number of rotatable bonds is 2. The molecule has 1 N–H and O–H groups in total. The lowest BCUT2D eigenvalue weighted by atomic mass is 9.86. The monoisotopic (exact) mass is 251 g/mol. The van der Waals surface area contributed by atoms with E-state index in [-0.39, 0.29) is 5.91 Å². The van der Waals surface area contributed by atoms with Crippen molar-refractivity contribution in [1.29, 1.82) is 0 Å². The molecule has 0 heterocycles. The number of amides is 1. The van der Waals surface area contributed by atoms with E-state index in [1.807, 2.05) is 0 Å². The van der Waals surface area contributed by atoms with Crippen molar-refractivity contribution in [3.8, 4) is 0 Å². The van der Waals surface area contributed by atoms with Gasteiger partial charge >= 0.3 is 0 Å². The van der Waals surface area contributed by atoms with Crippen LogP contribution < -0.4 is 5.32 Å². The van der Waals surface area contributed by atoms with Crippen molar-refractivity contribution in [1.82, 2.24) is 5.32 Å². The fraction of sp³-hybridized carbons (Fsp3) is 0.500. The summed E-state index contributed by atoms with van der Waals surface area (Å²) in [7, 11) is 0. The Morgan fingerprint density at radius 3 is 2.53 bits per heavy atom. The van der Waals surface area contributed by atoms with Gasteiger partial charge in [-0.15, -0.1) is 0 Å². The molecule has 0 aliphatic heterocycles. The second kappa shape index (κ2) is 5.54. The molecule has 0 unspecified atom stereocenters. The number of halogens is 1. The fourth-order valence-corrected chi connectivity index (χ4v) is 2.51. The molecule has 92 valence electrons. The zero-order chi connectivity index (χ0) is 12.3. The van der Waals surface area contributed by atoms with Crippen LogP contribution in [0, 0.1) is 5.92 Å². The Kier molecular flexibility index (Phi) is 4.06. The summed E-state index contributed by atoms with van der Waals surface area (Å²) >= 11 is 5.80. The van der Waals surface area contributed by atoms with Gasteiger partial charge in [0.2, 0.25) is 0 Å². The van der Waals surface area contributed by atoms with Gasteiger partial charge in [-0.25, -0.2) is 0 Å². The molecule has 0 spiro atoms. The summed E-state index contributed by atoms with van der Waals surface area (Å²) in [6.07, 6.45) is 4.82. The van der Waals surface area contributed by atoms with E-state index in [2.05, 4.69) is 12.2 Å². The van der Waals surface area contributed by atoms with Crippen LogP contribution in [0.25, 0.3) is 0 Å². The van der Waals surface area contributed by atoms with E-state index in [1.54, 1.807) is 24.3 Å². The maximum absolute atomic E-state index is 12.0. The third kappa shape index (κ3) is 3.22. The number of hydrogen-bond acceptors (Lipinski definition) is 1. The summed E-state index contributed by atoms with van der Waals surface area (Å²) in [5, 5.41) is 3.78. The second-order valence-corrected chi connectivity index (χ2v) is 5.29. The van der Waals surface area contributed by atoms with Crippen molar-refractivity contribution in [2.45, 2.75) is 38.6 Å². The molecule has 1 saturated carbocycles. The quantitative estimate of drug-likeness (QED) is 0.854. The van der Waals surface area contributed by atoms with Gasteiger partial charge in [0, 0.05) is 16.6 Å². The third-order valence-corrected chi connectivity index (χ3v) is 3.79. The SMILES string of the molecule is C[C@@H]1CCCC[C@H]1NC(=O)c1ccc(Cl)cc1. The number of hydrogen-bond donors (Lipinski definition) is 1. The minimum Gasteiger partial charge on any atom is -0.349 e. The minimum atomic E-state index is 0.0143. The van der Waals surface area contributed by atoms with Gasteiger partial charge in [-0.3, -0.25) is 4.79 Å². The van der Waals surface area contributed by atoms with Crippen LogP contribution in [0.5, 0.6) is 0 Å². The van der Waals surface area contributed by atoms with E-state index in [1.165, 1.54) is 19.3 Å². The normalized spacial score (nSPS) is 24.4. The van der Waals surface area contributed by atoms with Crippen LogP contribution in [-0.2, 0) is 0 Å². The molecule has 1 fully saturated rings. The van der Waals surface area contributed by atoms with Crippen molar-refractivity contribution < 1.29 is 4.79 Å². The molecule has 1 amide bonds. The Morgan fingerprint density at radius 2 is 1.88 bits per heavy atom. The molecule has 2 atom stereocenters. The minimum absolute atomic E-state index is 0.0143. The van der Waals surface area contributed by atoms with Crippen molar-refractivity contribution in [3.05, 3.63) is 34.9 Å². The lowest BCUT2D eigenvalue weighted by Gasteiger charge is -2.29. The zero-order valence-corrected chi connectivity index (χ0v) is 10.8. The lowest BCUT2D eigenvalue weighted by Crippen LogP contribution is -2.41. The van der Waals surface area contributed by atoms with Gasteiger partial charge in [-0.1, -0.05) is 31.4 Å². The van der Waals surface area contributed by atoms with Crippen LogP contribution in [0.15, 0.2) is 24.3 Å². The highest BCUT2D eigenvalue weighted by Crippen LogP contribution is 2.24. The maximum atomic E-state index is 12.0. The molecule has 3 heteroatoms. The van der Waals surface area contributed by atoms with Crippen LogP contribution >= 0.6 is 11.6 Å². The molecule has 0 saturated heterocycles. The average Bonchev–Trinajstić information content (AvgIpc) is 2.33. The summed E-state index contributed by atoms with van der Waals surface area (Å²) in [6.45, 7) is 2.21. The summed E-state index contributed by atoms with van der Waals surface area (Å²) in [5.74, 6) is 0.598. The molecule has 1 aliphatic rings. The number of carbonyl (C=O) groups excluding carboxylic acids is 1. The van der Waals surface area contributed by atoms with Crippen molar-refractivity contribution in [2.24, 2.45) is 5.92 Å². The van der Waals surface area contributed by atoms with Gasteiger partial charge in [0.1, 0.15) is 0 Å². The van der Waals surface area contributed by atoms with E-state index >= 15 is 0 Å². The van der Waals surface area contributed by atoms with Gasteiger partial charge in [0.05, 0.1) is 0 Å². The van der Waals surface area contributed by atoms with E-state index in [9.17, 15) is 4.79 Å². The summed E-state index contributed by atoms with van der Waals surface area (Å²) in [4.78, 5) is 12.0. The zero-order valence-electron chi connectivity index (χ0n) is 10.1. The molecule has 1 aliphatic carbocycles. The smallest absolute Gasteiger partial charge is 0.251 e. The van der Waals surface area contributed by atoms with Crippen LogP contribution in [0.4, 0.5) is 0 Å². The van der Waals surface area contributed by atoms with E-state index in [0.29, 0.717) is 22.5 Å². The van der Waals surface area contributed by atoms with Gasteiger partial charge in [-0.2, -0.15) is 0 Å². The van der Waals surface area contributed by atoms with Gasteiger partial charge in [0.15, 0.2) is 0 Å². The Balaban J connectivity index is 1.98.